The first-order chi connectivity index (χ1) is 16.2. The van der Waals surface area contributed by atoms with Gasteiger partial charge in [0.25, 0.3) is 11.8 Å². The number of halogens is 2. The number of hydrogen-bond acceptors (Lipinski definition) is 10. The fourth-order valence-corrected chi connectivity index (χ4v) is 4.01. The van der Waals surface area contributed by atoms with Gasteiger partial charge < -0.3 is 29.7 Å². The van der Waals surface area contributed by atoms with Crippen molar-refractivity contribution in [2.24, 2.45) is 0 Å². The van der Waals surface area contributed by atoms with Crippen molar-refractivity contribution >= 4 is 20.0 Å². The molecule has 4 rings (SSSR count). The molecule has 1 unspecified atom stereocenters. The standard InChI is InChI=1S/C18H17F2N2O9P/c1-9-21-16(26)11(6-23)5-22(9)17-14(24)15(25)18(20,30-17)8-29-32(27)28-7-10-4-12(19)2-3-13(10)31-32/h2-6,14-15,17,24-25H,1,7-8H2,(H,21,26)/t14-,15+,17-,18-,32?/m1/s1/i8D2,17D. The molecule has 32 heavy (non-hydrogen) atoms. The van der Waals surface area contributed by atoms with Crippen LogP contribution in [0.4, 0.5) is 8.78 Å². The van der Waals surface area contributed by atoms with E-state index in [0.29, 0.717) is 11.1 Å². The van der Waals surface area contributed by atoms with Crippen molar-refractivity contribution in [1.29, 1.82) is 0 Å². The van der Waals surface area contributed by atoms with Crippen LogP contribution in [0.15, 0.2) is 42.4 Å². The van der Waals surface area contributed by atoms with E-state index in [0.717, 1.165) is 18.2 Å². The van der Waals surface area contributed by atoms with Crippen LogP contribution in [0.3, 0.4) is 0 Å². The maximum absolute atomic E-state index is 15.9. The van der Waals surface area contributed by atoms with E-state index < -0.39 is 68.4 Å². The number of phosphoric ester groups is 1. The van der Waals surface area contributed by atoms with E-state index in [1.807, 2.05) is 0 Å². The fraction of sp³-hybridized carbons (Fsp3) is 0.333. The number of hydrogen-bond donors (Lipinski definition) is 3. The summed E-state index contributed by atoms with van der Waals surface area (Å²) < 4.78 is 85.7. The number of nitrogens with one attached hydrogen (secondary N) is 1. The third kappa shape index (κ3) is 3.94. The third-order valence-corrected chi connectivity index (χ3v) is 5.72. The maximum Gasteiger partial charge on any atom is 0.530 e. The number of aliphatic hydroxyl groups excluding tert-OH is 2. The van der Waals surface area contributed by atoms with Gasteiger partial charge >= 0.3 is 7.82 Å². The highest BCUT2D eigenvalue weighted by Crippen LogP contribution is 2.55. The van der Waals surface area contributed by atoms with Crippen LogP contribution < -0.4 is 9.84 Å². The number of aliphatic hydroxyl groups is 2. The SMILES string of the molecule is [2H]C([2H])(OP1(=O)OCc2cc(F)ccc2O1)[C@@]1(F)O[C@@]([2H])(N2C=C(C=O)C(=O)NC2=C)[C@H](O)[C@@H]1O. The lowest BCUT2D eigenvalue weighted by atomic mass is 10.1. The number of fused-ring (bicyclic) bond motifs is 1. The Morgan fingerprint density at radius 1 is 1.53 bits per heavy atom. The van der Waals surface area contributed by atoms with Crippen LogP contribution in [-0.4, -0.2) is 58.1 Å². The van der Waals surface area contributed by atoms with Gasteiger partial charge in [-0.3, -0.25) is 18.6 Å². The Morgan fingerprint density at radius 2 is 2.28 bits per heavy atom. The molecule has 172 valence electrons. The lowest BCUT2D eigenvalue weighted by Gasteiger charge is -2.33. The predicted octanol–water partition coefficient (Wildman–Crippen LogP) is 0.589. The summed E-state index contributed by atoms with van der Waals surface area (Å²) in [4.78, 5) is 23.3. The van der Waals surface area contributed by atoms with Gasteiger partial charge in [-0.2, -0.15) is 0 Å². The molecule has 0 bridgehead atoms. The molecule has 0 spiro atoms. The number of carbonyl (C=O) groups is 2. The van der Waals surface area contributed by atoms with E-state index in [-0.39, 0.29) is 17.6 Å². The molecule has 0 saturated carbocycles. The molecular weight excluding hydrogens is 457 g/mol. The molecule has 1 saturated heterocycles. The van der Waals surface area contributed by atoms with Gasteiger partial charge in [0.15, 0.2) is 12.5 Å². The summed E-state index contributed by atoms with van der Waals surface area (Å²) in [5, 5.41) is 22.8. The monoisotopic (exact) mass is 477 g/mol. The summed E-state index contributed by atoms with van der Waals surface area (Å²) in [5.41, 5.74) is -0.495. The van der Waals surface area contributed by atoms with E-state index in [2.05, 4.69) is 16.4 Å². The number of benzene rings is 1. The van der Waals surface area contributed by atoms with E-state index in [1.165, 1.54) is 0 Å². The van der Waals surface area contributed by atoms with Crippen LogP contribution >= 0.6 is 7.82 Å². The number of carbonyl (C=O) groups excluding carboxylic acids is 2. The normalized spacial score (nSPS) is 38.6. The average Bonchev–Trinajstić information content (AvgIpc) is 2.95. The van der Waals surface area contributed by atoms with Crippen molar-refractivity contribution in [3.8, 4) is 5.75 Å². The van der Waals surface area contributed by atoms with E-state index in [9.17, 15) is 28.8 Å². The van der Waals surface area contributed by atoms with Gasteiger partial charge in [0.2, 0.25) is 0 Å². The van der Waals surface area contributed by atoms with Crippen LogP contribution in [0.2, 0.25) is 0 Å². The molecule has 3 heterocycles. The van der Waals surface area contributed by atoms with Crippen LogP contribution in [0.5, 0.6) is 5.75 Å². The molecule has 0 aromatic heterocycles. The van der Waals surface area contributed by atoms with Crippen molar-refractivity contribution in [3.63, 3.8) is 0 Å². The van der Waals surface area contributed by atoms with Crippen LogP contribution in [0.1, 0.15) is 9.68 Å². The molecule has 11 nitrogen and oxygen atoms in total. The number of ether oxygens (including phenoxy) is 1. The Hall–Kier alpha value is -2.67. The number of aldehydes is 1. The van der Waals surface area contributed by atoms with Gasteiger partial charge in [-0.1, -0.05) is 6.58 Å². The highest BCUT2D eigenvalue weighted by molar-refractivity contribution is 7.49. The Morgan fingerprint density at radius 3 is 3.00 bits per heavy atom. The highest BCUT2D eigenvalue weighted by Gasteiger charge is 2.58. The molecule has 1 aromatic carbocycles. The lowest BCUT2D eigenvalue weighted by molar-refractivity contribution is -0.208. The van der Waals surface area contributed by atoms with Crippen LogP contribution in [-0.2, 0) is 34.5 Å². The summed E-state index contributed by atoms with van der Waals surface area (Å²) in [6.45, 7) is -1.08. The molecule has 3 aliphatic heterocycles. The summed E-state index contributed by atoms with van der Waals surface area (Å²) in [5.74, 6) is -6.38. The number of rotatable bonds is 5. The van der Waals surface area contributed by atoms with Gasteiger partial charge in [-0.05, 0) is 18.2 Å². The topological polar surface area (TPSA) is 144 Å². The van der Waals surface area contributed by atoms with Crippen LogP contribution in [0.25, 0.3) is 0 Å². The summed E-state index contributed by atoms with van der Waals surface area (Å²) >= 11 is 0. The fourth-order valence-electron chi connectivity index (χ4n) is 2.91. The quantitative estimate of drug-likeness (QED) is 0.313. The second-order valence-corrected chi connectivity index (χ2v) is 8.22. The zero-order valence-electron chi connectivity index (χ0n) is 18.9. The first kappa shape index (κ1) is 18.9. The summed E-state index contributed by atoms with van der Waals surface area (Å²) in [6.07, 6.45) is -7.75. The summed E-state index contributed by atoms with van der Waals surface area (Å²) in [7, 11) is -4.95. The molecule has 1 aromatic rings. The zero-order chi connectivity index (χ0) is 26.0. The molecule has 1 amide bonds. The maximum atomic E-state index is 15.9. The molecular formula is C18H17F2N2O9P. The molecule has 14 heteroatoms. The Kier molecular flexibility index (Phi) is 4.73. The van der Waals surface area contributed by atoms with Crippen molar-refractivity contribution < 1.29 is 55.6 Å². The van der Waals surface area contributed by atoms with Gasteiger partial charge in [0.05, 0.1) is 16.3 Å². The molecule has 3 N–H and O–H groups in total. The van der Waals surface area contributed by atoms with E-state index >= 15 is 4.39 Å². The molecule has 0 radical (unpaired) electrons. The smallest absolute Gasteiger partial charge is 0.404 e. The number of amides is 1. The van der Waals surface area contributed by atoms with Gasteiger partial charge in [0.1, 0.15) is 36.2 Å². The lowest BCUT2D eigenvalue weighted by Crippen LogP contribution is -2.48. The second-order valence-electron chi connectivity index (χ2n) is 6.71. The molecule has 0 aliphatic carbocycles. The average molecular weight is 477 g/mol. The van der Waals surface area contributed by atoms with E-state index in [4.69, 9.17) is 17.9 Å². The largest absolute Gasteiger partial charge is 0.530 e. The Balaban J connectivity index is 1.64. The van der Waals surface area contributed by atoms with Gasteiger partial charge in [-0.15, -0.1) is 0 Å². The van der Waals surface area contributed by atoms with Gasteiger partial charge in [0, 0.05) is 11.8 Å². The van der Waals surface area contributed by atoms with Crippen molar-refractivity contribution in [3.05, 3.63) is 53.8 Å². The second kappa shape index (κ2) is 8.03. The minimum absolute atomic E-state index is 0.0775. The first-order valence-electron chi connectivity index (χ1n) is 10.3. The highest BCUT2D eigenvalue weighted by atomic mass is 31.2. The van der Waals surface area contributed by atoms with Gasteiger partial charge in [-0.25, -0.2) is 13.3 Å². The Labute approximate surface area is 183 Å². The van der Waals surface area contributed by atoms with Crippen molar-refractivity contribution in [2.45, 2.75) is 30.9 Å². The van der Waals surface area contributed by atoms with Crippen LogP contribution in [0, 0.1) is 5.82 Å². The zero-order valence-corrected chi connectivity index (χ0v) is 16.8. The minimum atomic E-state index is -4.95. The Bertz CT molecular complexity index is 1200. The summed E-state index contributed by atoms with van der Waals surface area (Å²) in [6, 6.07) is 2.99. The minimum Gasteiger partial charge on any atom is -0.404 e. The third-order valence-electron chi connectivity index (χ3n) is 4.54. The predicted molar refractivity (Wildman–Crippen MR) is 99.4 cm³/mol. The van der Waals surface area contributed by atoms with Crippen molar-refractivity contribution in [2.75, 3.05) is 6.56 Å². The number of nitrogens with zero attached hydrogens (tertiary/aromatic N) is 1. The van der Waals surface area contributed by atoms with Crippen molar-refractivity contribution in [1.82, 2.24) is 10.2 Å². The number of phosphoric acid groups is 1. The molecule has 3 aliphatic rings. The van der Waals surface area contributed by atoms with E-state index in [1.54, 1.807) is 0 Å². The molecule has 5 atom stereocenters. The first-order valence-corrected chi connectivity index (χ1v) is 10.3. The molecule has 1 fully saturated rings. The number of alkyl halides is 1.